The van der Waals surface area contributed by atoms with Crippen LogP contribution in [0.15, 0.2) is 49.1 Å². The van der Waals surface area contributed by atoms with Crippen LogP contribution in [0.4, 0.5) is 0 Å². The summed E-state index contributed by atoms with van der Waals surface area (Å²) in [5.74, 6) is 2.12. The zero-order valence-corrected chi connectivity index (χ0v) is 13.2. The number of unbranched alkanes of at least 4 members (excludes halogenated alkanes) is 1. The highest BCUT2D eigenvalue weighted by Crippen LogP contribution is 2.34. The molecule has 0 aromatic carbocycles. The molecule has 19 heavy (non-hydrogen) atoms. The molecule has 0 aliphatic heterocycles. The van der Waals surface area contributed by atoms with E-state index in [1.165, 1.54) is 38.5 Å². The molecule has 2 atom stereocenters. The molecule has 0 heteroatoms. The summed E-state index contributed by atoms with van der Waals surface area (Å²) < 4.78 is 0. The molecule has 0 aromatic rings. The Balaban J connectivity index is 0.000000344. The van der Waals surface area contributed by atoms with Gasteiger partial charge in [-0.15, -0.1) is 0 Å². The number of hydrogen-bond acceptors (Lipinski definition) is 0. The molecule has 0 nitrogen and oxygen atoms in total. The van der Waals surface area contributed by atoms with Gasteiger partial charge < -0.3 is 0 Å². The first-order valence-corrected chi connectivity index (χ1v) is 7.77. The fourth-order valence-corrected chi connectivity index (χ4v) is 2.54. The smallest absolute Gasteiger partial charge is 0.0269 e. The van der Waals surface area contributed by atoms with Crippen molar-refractivity contribution in [3.05, 3.63) is 49.1 Å². The summed E-state index contributed by atoms with van der Waals surface area (Å²) in [6, 6.07) is 0. The highest BCUT2D eigenvalue weighted by Gasteiger charge is 2.21. The summed E-state index contributed by atoms with van der Waals surface area (Å²) in [4.78, 5) is 0. The van der Waals surface area contributed by atoms with Crippen molar-refractivity contribution >= 4 is 0 Å². The van der Waals surface area contributed by atoms with E-state index in [1.807, 2.05) is 25.2 Å². The Kier molecular flexibility index (Phi) is 11.4. The molecule has 2 unspecified atom stereocenters. The van der Waals surface area contributed by atoms with Crippen LogP contribution in [-0.2, 0) is 0 Å². The van der Waals surface area contributed by atoms with Crippen LogP contribution in [-0.4, -0.2) is 0 Å². The Labute approximate surface area is 121 Å². The quantitative estimate of drug-likeness (QED) is 0.480. The number of allylic oxidation sites excluding steroid dienone is 6. The molecule has 0 heterocycles. The van der Waals surface area contributed by atoms with Gasteiger partial charge >= 0.3 is 0 Å². The molecular formula is C19H32. The largest absolute Gasteiger partial charge is 0.0985 e. The maximum Gasteiger partial charge on any atom is -0.0269 e. The van der Waals surface area contributed by atoms with Crippen LogP contribution in [0.3, 0.4) is 0 Å². The third kappa shape index (κ3) is 8.64. The molecule has 0 N–H and O–H groups in total. The Morgan fingerprint density at radius 1 is 1.21 bits per heavy atom. The maximum atomic E-state index is 3.61. The molecule has 1 aliphatic rings. The van der Waals surface area contributed by atoms with Crippen molar-refractivity contribution in [1.82, 2.24) is 0 Å². The van der Waals surface area contributed by atoms with Gasteiger partial charge in [0.2, 0.25) is 0 Å². The van der Waals surface area contributed by atoms with Gasteiger partial charge in [-0.3, -0.25) is 0 Å². The standard InChI is InChI=1S/C10H20.C9H12/c1-3-4-7-10-8-5-6-9(10)2;1-4-7-8-9(5-2)6-3/h9-10H,3-8H2,1-2H3;4-8H,2-3H2,1H3/b;7-4-. The summed E-state index contributed by atoms with van der Waals surface area (Å²) in [6.07, 6.45) is 18.3. The van der Waals surface area contributed by atoms with Crippen molar-refractivity contribution in [1.29, 1.82) is 0 Å². The maximum absolute atomic E-state index is 3.61. The van der Waals surface area contributed by atoms with E-state index in [9.17, 15) is 0 Å². The van der Waals surface area contributed by atoms with Crippen LogP contribution in [0.5, 0.6) is 0 Å². The molecule has 0 aromatic heterocycles. The van der Waals surface area contributed by atoms with E-state index in [4.69, 9.17) is 0 Å². The Morgan fingerprint density at radius 2 is 1.89 bits per heavy atom. The average Bonchev–Trinajstić information content (AvgIpc) is 2.84. The lowest BCUT2D eigenvalue weighted by atomic mass is 9.93. The second-order valence-electron chi connectivity index (χ2n) is 5.41. The first kappa shape index (κ1) is 18.0. The van der Waals surface area contributed by atoms with Gasteiger partial charge in [-0.25, -0.2) is 0 Å². The second-order valence-corrected chi connectivity index (χ2v) is 5.41. The molecule has 108 valence electrons. The first-order valence-electron chi connectivity index (χ1n) is 7.77. The SMILES string of the molecule is C=CC(C=C)=C/C=C\C.CCCCC1CCCC1C. The van der Waals surface area contributed by atoms with Gasteiger partial charge in [0.05, 0.1) is 0 Å². The highest BCUT2D eigenvalue weighted by molar-refractivity contribution is 5.30. The number of hydrogen-bond donors (Lipinski definition) is 0. The van der Waals surface area contributed by atoms with Gasteiger partial charge in [0.1, 0.15) is 0 Å². The monoisotopic (exact) mass is 260 g/mol. The van der Waals surface area contributed by atoms with Crippen molar-refractivity contribution in [2.45, 2.75) is 59.3 Å². The second kappa shape index (κ2) is 12.0. The highest BCUT2D eigenvalue weighted by atomic mass is 14.3. The van der Waals surface area contributed by atoms with Crippen molar-refractivity contribution in [2.75, 3.05) is 0 Å². The molecule has 1 fully saturated rings. The Morgan fingerprint density at radius 3 is 2.32 bits per heavy atom. The molecule has 1 rings (SSSR count). The molecule has 1 aliphatic carbocycles. The van der Waals surface area contributed by atoms with Gasteiger partial charge in [0.15, 0.2) is 0 Å². The van der Waals surface area contributed by atoms with Gasteiger partial charge in [0.25, 0.3) is 0 Å². The van der Waals surface area contributed by atoms with Crippen LogP contribution in [0.1, 0.15) is 59.3 Å². The van der Waals surface area contributed by atoms with Gasteiger partial charge in [0, 0.05) is 0 Å². The predicted octanol–water partition coefficient (Wildman–Crippen LogP) is 6.47. The van der Waals surface area contributed by atoms with E-state index in [0.717, 1.165) is 17.4 Å². The average molecular weight is 260 g/mol. The van der Waals surface area contributed by atoms with E-state index in [1.54, 1.807) is 12.2 Å². The van der Waals surface area contributed by atoms with E-state index in [0.29, 0.717) is 0 Å². The zero-order valence-electron chi connectivity index (χ0n) is 13.2. The van der Waals surface area contributed by atoms with E-state index in [2.05, 4.69) is 27.0 Å². The fraction of sp³-hybridized carbons (Fsp3) is 0.579. The molecule has 0 spiro atoms. The van der Waals surface area contributed by atoms with Crippen molar-refractivity contribution in [2.24, 2.45) is 11.8 Å². The zero-order chi connectivity index (χ0) is 14.5. The normalized spacial score (nSPS) is 21.6. The molecule has 0 amide bonds. The van der Waals surface area contributed by atoms with Crippen molar-refractivity contribution in [3.63, 3.8) is 0 Å². The van der Waals surface area contributed by atoms with Crippen LogP contribution in [0, 0.1) is 11.8 Å². The van der Waals surface area contributed by atoms with E-state index in [-0.39, 0.29) is 0 Å². The third-order valence-corrected chi connectivity index (χ3v) is 3.92. The lowest BCUT2D eigenvalue weighted by Gasteiger charge is -2.13. The minimum Gasteiger partial charge on any atom is -0.0985 e. The summed E-state index contributed by atoms with van der Waals surface area (Å²) in [5, 5.41) is 0. The van der Waals surface area contributed by atoms with Crippen LogP contribution in [0.25, 0.3) is 0 Å². The van der Waals surface area contributed by atoms with Crippen LogP contribution < -0.4 is 0 Å². The van der Waals surface area contributed by atoms with Crippen LogP contribution in [0.2, 0.25) is 0 Å². The van der Waals surface area contributed by atoms with Crippen LogP contribution >= 0.6 is 0 Å². The Hall–Kier alpha value is -1.04. The lowest BCUT2D eigenvalue weighted by Crippen LogP contribution is -2.02. The minimum absolute atomic E-state index is 1.03. The molecule has 0 bridgehead atoms. The van der Waals surface area contributed by atoms with Gasteiger partial charge in [-0.2, -0.15) is 0 Å². The summed E-state index contributed by atoms with van der Waals surface area (Å²) in [6.45, 7) is 13.9. The van der Waals surface area contributed by atoms with Crippen molar-refractivity contribution in [3.8, 4) is 0 Å². The third-order valence-electron chi connectivity index (χ3n) is 3.92. The predicted molar refractivity (Wildman–Crippen MR) is 89.3 cm³/mol. The fourth-order valence-electron chi connectivity index (χ4n) is 2.54. The first-order chi connectivity index (χ1) is 9.19. The summed E-state index contributed by atoms with van der Waals surface area (Å²) in [7, 11) is 0. The topological polar surface area (TPSA) is 0 Å². The van der Waals surface area contributed by atoms with Gasteiger partial charge in [-0.1, -0.05) is 95.9 Å². The van der Waals surface area contributed by atoms with E-state index >= 15 is 0 Å². The lowest BCUT2D eigenvalue weighted by molar-refractivity contribution is 0.380. The molecule has 0 saturated heterocycles. The number of rotatable bonds is 6. The van der Waals surface area contributed by atoms with Crippen molar-refractivity contribution < 1.29 is 0 Å². The van der Waals surface area contributed by atoms with Gasteiger partial charge in [-0.05, 0) is 24.3 Å². The molecular weight excluding hydrogens is 228 g/mol. The molecule has 1 saturated carbocycles. The minimum atomic E-state index is 1.03. The summed E-state index contributed by atoms with van der Waals surface area (Å²) >= 11 is 0. The van der Waals surface area contributed by atoms with E-state index < -0.39 is 0 Å². The Bertz CT molecular complexity index is 283. The molecule has 0 radical (unpaired) electrons. The summed E-state index contributed by atoms with van der Waals surface area (Å²) in [5.41, 5.74) is 1.05.